The van der Waals surface area contributed by atoms with Crippen LogP contribution in [0.2, 0.25) is 5.02 Å². The first kappa shape index (κ1) is 22.0. The number of halogens is 1. The fraction of sp³-hybridized carbons (Fsp3) is 0.238. The number of hydrogen-bond donors (Lipinski definition) is 1. The fourth-order valence-electron chi connectivity index (χ4n) is 2.99. The van der Waals surface area contributed by atoms with Crippen molar-refractivity contribution in [2.75, 3.05) is 13.1 Å². The summed E-state index contributed by atoms with van der Waals surface area (Å²) in [5, 5.41) is 3.38. The van der Waals surface area contributed by atoms with Crippen molar-refractivity contribution in [3.8, 4) is 5.69 Å². The Hall–Kier alpha value is -2.68. The van der Waals surface area contributed by atoms with E-state index >= 15 is 0 Å². The molecule has 7 nitrogen and oxygen atoms in total. The van der Waals surface area contributed by atoms with Gasteiger partial charge in [-0.3, -0.25) is 4.79 Å². The van der Waals surface area contributed by atoms with Crippen molar-refractivity contribution >= 4 is 27.5 Å². The summed E-state index contributed by atoms with van der Waals surface area (Å²) in [4.78, 5) is 16.8. The quantitative estimate of drug-likeness (QED) is 0.574. The summed E-state index contributed by atoms with van der Waals surface area (Å²) in [6.45, 7) is 4.73. The second-order valence-electron chi connectivity index (χ2n) is 6.52. The van der Waals surface area contributed by atoms with Gasteiger partial charge in [0.2, 0.25) is 10.0 Å². The van der Waals surface area contributed by atoms with Crippen molar-refractivity contribution < 1.29 is 13.2 Å². The highest BCUT2D eigenvalue weighted by Crippen LogP contribution is 2.18. The molecule has 1 aromatic heterocycles. The van der Waals surface area contributed by atoms with E-state index in [4.69, 9.17) is 11.6 Å². The number of aromatic nitrogens is 2. The number of benzene rings is 2. The minimum Gasteiger partial charge on any atom is -0.347 e. The van der Waals surface area contributed by atoms with Crippen LogP contribution in [-0.4, -0.2) is 41.3 Å². The van der Waals surface area contributed by atoms with Crippen molar-refractivity contribution in [3.63, 3.8) is 0 Å². The second-order valence-corrected chi connectivity index (χ2v) is 8.87. The van der Waals surface area contributed by atoms with Crippen LogP contribution in [-0.2, 0) is 16.6 Å². The van der Waals surface area contributed by atoms with E-state index in [0.29, 0.717) is 30.3 Å². The van der Waals surface area contributed by atoms with E-state index in [1.807, 2.05) is 18.2 Å². The van der Waals surface area contributed by atoms with Crippen LogP contribution in [0.5, 0.6) is 0 Å². The summed E-state index contributed by atoms with van der Waals surface area (Å²) < 4.78 is 28.3. The molecule has 0 aliphatic rings. The highest BCUT2D eigenvalue weighted by Gasteiger charge is 2.21. The summed E-state index contributed by atoms with van der Waals surface area (Å²) in [6.07, 6.45) is 3.11. The first-order valence-electron chi connectivity index (χ1n) is 9.53. The molecule has 1 heterocycles. The molecule has 0 fully saturated rings. The second kappa shape index (κ2) is 9.42. The molecule has 0 saturated carbocycles. The Kier molecular flexibility index (Phi) is 6.91. The molecule has 3 aromatic rings. The van der Waals surface area contributed by atoms with Gasteiger partial charge in [-0.05, 0) is 35.9 Å². The van der Waals surface area contributed by atoms with Crippen LogP contribution in [0.4, 0.5) is 0 Å². The lowest BCUT2D eigenvalue weighted by atomic mass is 10.2. The number of rotatable bonds is 8. The van der Waals surface area contributed by atoms with Crippen LogP contribution in [0.25, 0.3) is 5.69 Å². The average molecular weight is 447 g/mol. The number of nitrogens with zero attached hydrogens (tertiary/aromatic N) is 3. The van der Waals surface area contributed by atoms with Gasteiger partial charge in [-0.2, -0.15) is 4.31 Å². The van der Waals surface area contributed by atoms with Gasteiger partial charge in [0.05, 0.1) is 4.90 Å². The van der Waals surface area contributed by atoms with E-state index in [9.17, 15) is 13.2 Å². The van der Waals surface area contributed by atoms with Crippen molar-refractivity contribution in [3.05, 3.63) is 77.3 Å². The number of carbonyl (C=O) groups is 1. The molecule has 0 aliphatic carbocycles. The van der Waals surface area contributed by atoms with Gasteiger partial charge in [0, 0.05) is 36.5 Å². The minimum atomic E-state index is -3.51. The van der Waals surface area contributed by atoms with Crippen molar-refractivity contribution in [1.82, 2.24) is 19.2 Å². The lowest BCUT2D eigenvalue weighted by molar-refractivity contribution is 0.0946. The van der Waals surface area contributed by atoms with Crippen LogP contribution >= 0.6 is 11.6 Å². The number of amides is 1. The zero-order valence-corrected chi connectivity index (χ0v) is 18.3. The maximum absolute atomic E-state index is 12.6. The SMILES string of the molecule is CCN(CC)S(=O)(=O)c1ccc(-n2cnc(C(=O)NCc3ccccc3Cl)c2)cc1. The first-order valence-corrected chi connectivity index (χ1v) is 11.3. The Morgan fingerprint density at radius 3 is 2.40 bits per heavy atom. The third-order valence-electron chi connectivity index (χ3n) is 4.69. The Bertz CT molecular complexity index is 1120. The fourth-order valence-corrected chi connectivity index (χ4v) is 4.65. The van der Waals surface area contributed by atoms with Gasteiger partial charge in [0.1, 0.15) is 12.0 Å². The highest BCUT2D eigenvalue weighted by molar-refractivity contribution is 7.89. The average Bonchev–Trinajstić information content (AvgIpc) is 3.24. The predicted molar refractivity (Wildman–Crippen MR) is 116 cm³/mol. The molecule has 0 radical (unpaired) electrons. The van der Waals surface area contributed by atoms with Gasteiger partial charge < -0.3 is 9.88 Å². The summed E-state index contributed by atoms with van der Waals surface area (Å²) >= 11 is 6.10. The smallest absolute Gasteiger partial charge is 0.271 e. The zero-order chi connectivity index (χ0) is 21.7. The summed E-state index contributed by atoms with van der Waals surface area (Å²) in [6, 6.07) is 13.8. The van der Waals surface area contributed by atoms with Crippen LogP contribution in [0.15, 0.2) is 66.0 Å². The molecule has 0 bridgehead atoms. The largest absolute Gasteiger partial charge is 0.347 e. The Morgan fingerprint density at radius 2 is 1.77 bits per heavy atom. The standard InChI is InChI=1S/C21H23ClN4O3S/c1-3-26(4-2)30(28,29)18-11-9-17(10-12-18)25-14-20(24-15-25)21(27)23-13-16-7-5-6-8-19(16)22/h5-12,14-15H,3-4,13H2,1-2H3,(H,23,27). The number of imidazole rings is 1. The monoisotopic (exact) mass is 446 g/mol. The van der Waals surface area contributed by atoms with E-state index < -0.39 is 10.0 Å². The van der Waals surface area contributed by atoms with Gasteiger partial charge >= 0.3 is 0 Å². The van der Waals surface area contributed by atoms with E-state index in [-0.39, 0.29) is 16.5 Å². The predicted octanol–water partition coefficient (Wildman–Crippen LogP) is 3.49. The Labute approximate surface area is 181 Å². The van der Waals surface area contributed by atoms with E-state index in [1.54, 1.807) is 54.9 Å². The molecule has 0 aliphatic heterocycles. The van der Waals surface area contributed by atoms with Crippen molar-refractivity contribution in [2.45, 2.75) is 25.3 Å². The van der Waals surface area contributed by atoms with Crippen LogP contribution < -0.4 is 5.32 Å². The molecule has 30 heavy (non-hydrogen) atoms. The zero-order valence-electron chi connectivity index (χ0n) is 16.7. The third-order valence-corrected chi connectivity index (χ3v) is 7.12. The maximum Gasteiger partial charge on any atom is 0.271 e. The molecule has 1 N–H and O–H groups in total. The molecule has 0 unspecified atom stereocenters. The molecule has 158 valence electrons. The number of sulfonamides is 1. The van der Waals surface area contributed by atoms with Crippen molar-refractivity contribution in [1.29, 1.82) is 0 Å². The molecule has 2 aromatic carbocycles. The highest BCUT2D eigenvalue weighted by atomic mass is 35.5. The first-order chi connectivity index (χ1) is 14.4. The van der Waals surface area contributed by atoms with Crippen LogP contribution in [0, 0.1) is 0 Å². The molecule has 1 amide bonds. The van der Waals surface area contributed by atoms with Gasteiger partial charge in [-0.1, -0.05) is 43.6 Å². The maximum atomic E-state index is 12.6. The molecule has 3 rings (SSSR count). The Morgan fingerprint density at radius 1 is 1.10 bits per heavy atom. The lowest BCUT2D eigenvalue weighted by Gasteiger charge is -2.18. The summed E-state index contributed by atoms with van der Waals surface area (Å²) in [5.74, 6) is -0.325. The van der Waals surface area contributed by atoms with Crippen molar-refractivity contribution in [2.24, 2.45) is 0 Å². The van der Waals surface area contributed by atoms with E-state index in [0.717, 1.165) is 5.56 Å². The van der Waals surface area contributed by atoms with E-state index in [2.05, 4.69) is 10.3 Å². The topological polar surface area (TPSA) is 84.3 Å². The van der Waals surface area contributed by atoms with E-state index in [1.165, 1.54) is 10.6 Å². The molecule has 0 atom stereocenters. The van der Waals surface area contributed by atoms with Gasteiger partial charge in [-0.15, -0.1) is 0 Å². The molecule has 0 saturated heterocycles. The van der Waals surface area contributed by atoms with Gasteiger partial charge in [0.25, 0.3) is 5.91 Å². The normalized spacial score (nSPS) is 11.6. The minimum absolute atomic E-state index is 0.229. The van der Waals surface area contributed by atoms with Gasteiger partial charge in [0.15, 0.2) is 0 Å². The molecular formula is C21H23ClN4O3S. The molecular weight excluding hydrogens is 424 g/mol. The summed E-state index contributed by atoms with van der Waals surface area (Å²) in [7, 11) is -3.51. The van der Waals surface area contributed by atoms with Crippen LogP contribution in [0.3, 0.4) is 0 Å². The lowest BCUT2D eigenvalue weighted by Crippen LogP contribution is -2.30. The summed E-state index contributed by atoms with van der Waals surface area (Å²) in [5.41, 5.74) is 1.77. The van der Waals surface area contributed by atoms with Gasteiger partial charge in [-0.25, -0.2) is 13.4 Å². The third kappa shape index (κ3) is 4.72. The van der Waals surface area contributed by atoms with Crippen LogP contribution in [0.1, 0.15) is 29.9 Å². The molecule has 9 heteroatoms. The Balaban J connectivity index is 1.71. The number of hydrogen-bond acceptors (Lipinski definition) is 4. The number of carbonyl (C=O) groups excluding carboxylic acids is 1. The number of nitrogens with one attached hydrogen (secondary N) is 1. The molecule has 0 spiro atoms.